The lowest BCUT2D eigenvalue weighted by atomic mass is 10.1. The monoisotopic (exact) mass is 327 g/mol. The zero-order valence-electron chi connectivity index (χ0n) is 14.0. The highest BCUT2D eigenvalue weighted by Crippen LogP contribution is 2.24. The first-order valence-corrected chi connectivity index (χ1v) is 8.14. The quantitative estimate of drug-likeness (QED) is 0.924. The summed E-state index contributed by atoms with van der Waals surface area (Å²) in [7, 11) is 0. The van der Waals surface area contributed by atoms with Crippen molar-refractivity contribution in [3.63, 3.8) is 0 Å². The average Bonchev–Trinajstić information content (AvgIpc) is 2.61. The third kappa shape index (κ3) is 3.91. The summed E-state index contributed by atoms with van der Waals surface area (Å²) < 4.78 is 5.67. The van der Waals surface area contributed by atoms with Crippen molar-refractivity contribution in [1.82, 2.24) is 25.3 Å². The molecule has 0 saturated carbocycles. The normalized spacial score (nSPS) is 17.5. The van der Waals surface area contributed by atoms with Gasteiger partial charge < -0.3 is 10.1 Å². The summed E-state index contributed by atoms with van der Waals surface area (Å²) in [4.78, 5) is 29.2. The van der Waals surface area contributed by atoms with Crippen molar-refractivity contribution >= 4 is 5.91 Å². The molecule has 7 heteroatoms. The van der Waals surface area contributed by atoms with Crippen molar-refractivity contribution < 1.29 is 9.53 Å². The van der Waals surface area contributed by atoms with Crippen molar-refractivity contribution in [3.05, 3.63) is 47.1 Å². The molecule has 0 bridgehead atoms. The Morgan fingerprint density at radius 3 is 2.67 bits per heavy atom. The number of hydrogen-bond acceptors (Lipinski definition) is 6. The van der Waals surface area contributed by atoms with Crippen LogP contribution in [-0.4, -0.2) is 32.4 Å². The summed E-state index contributed by atoms with van der Waals surface area (Å²) in [5.74, 6) is 1.16. The Balaban J connectivity index is 1.59. The maximum Gasteiger partial charge on any atom is 0.254 e. The van der Waals surface area contributed by atoms with Crippen LogP contribution in [0.4, 0.5) is 0 Å². The average molecular weight is 327 g/mol. The van der Waals surface area contributed by atoms with Crippen molar-refractivity contribution in [1.29, 1.82) is 0 Å². The van der Waals surface area contributed by atoms with E-state index in [0.29, 0.717) is 29.5 Å². The van der Waals surface area contributed by atoms with Crippen molar-refractivity contribution in [3.8, 4) is 0 Å². The van der Waals surface area contributed by atoms with Gasteiger partial charge in [-0.15, -0.1) is 0 Å². The Kier molecular flexibility index (Phi) is 5.10. The van der Waals surface area contributed by atoms with Gasteiger partial charge in [-0.25, -0.2) is 19.9 Å². The number of ether oxygens (including phenoxy) is 1. The summed E-state index contributed by atoms with van der Waals surface area (Å²) in [5.41, 5.74) is 1.99. The van der Waals surface area contributed by atoms with Crippen LogP contribution in [0.25, 0.3) is 0 Å². The topological polar surface area (TPSA) is 89.9 Å². The lowest BCUT2D eigenvalue weighted by molar-refractivity contribution is 0.00940. The number of rotatable bonds is 4. The van der Waals surface area contributed by atoms with Gasteiger partial charge in [0.1, 0.15) is 11.9 Å². The van der Waals surface area contributed by atoms with Gasteiger partial charge in [0.25, 0.3) is 5.91 Å². The van der Waals surface area contributed by atoms with E-state index in [1.54, 1.807) is 32.4 Å². The second-order valence-corrected chi connectivity index (χ2v) is 5.90. The molecule has 0 unspecified atom stereocenters. The van der Waals surface area contributed by atoms with E-state index in [9.17, 15) is 4.79 Å². The fourth-order valence-corrected chi connectivity index (χ4v) is 2.65. The number of aromatic nitrogens is 4. The molecular weight excluding hydrogens is 306 g/mol. The van der Waals surface area contributed by atoms with E-state index in [1.165, 1.54) is 0 Å². The lowest BCUT2D eigenvalue weighted by Crippen LogP contribution is -2.24. The Hall–Kier alpha value is -2.41. The number of carbonyl (C=O) groups excluding carboxylic acids is 1. The highest BCUT2D eigenvalue weighted by Gasteiger charge is 2.18. The van der Waals surface area contributed by atoms with Crippen LogP contribution in [0.5, 0.6) is 0 Å². The van der Waals surface area contributed by atoms with Crippen LogP contribution < -0.4 is 5.32 Å². The van der Waals surface area contributed by atoms with Crippen LogP contribution >= 0.6 is 0 Å². The second kappa shape index (κ2) is 7.44. The van der Waals surface area contributed by atoms with Crippen LogP contribution in [0.2, 0.25) is 0 Å². The van der Waals surface area contributed by atoms with Crippen LogP contribution in [0, 0.1) is 13.8 Å². The molecule has 0 radical (unpaired) electrons. The Morgan fingerprint density at radius 2 is 2.00 bits per heavy atom. The van der Waals surface area contributed by atoms with Gasteiger partial charge in [0.05, 0.1) is 11.3 Å². The minimum absolute atomic E-state index is 0.00486. The maximum absolute atomic E-state index is 12.2. The third-order valence-corrected chi connectivity index (χ3v) is 3.99. The number of nitrogens with zero attached hydrogens (tertiary/aromatic N) is 4. The number of carbonyl (C=O) groups is 1. The predicted octanol–water partition coefficient (Wildman–Crippen LogP) is 2.06. The molecule has 0 aromatic carbocycles. The number of amides is 1. The second-order valence-electron chi connectivity index (χ2n) is 5.90. The van der Waals surface area contributed by atoms with E-state index in [0.717, 1.165) is 31.4 Å². The number of nitrogens with one attached hydrogen (secondary N) is 1. The summed E-state index contributed by atoms with van der Waals surface area (Å²) in [6, 6.07) is 0. The van der Waals surface area contributed by atoms with E-state index in [1.807, 2.05) is 0 Å². The number of hydrogen-bond donors (Lipinski definition) is 1. The maximum atomic E-state index is 12.2. The first kappa shape index (κ1) is 16.4. The first-order valence-electron chi connectivity index (χ1n) is 8.14. The molecule has 1 saturated heterocycles. The smallest absolute Gasteiger partial charge is 0.254 e. The zero-order chi connectivity index (χ0) is 16.9. The predicted molar refractivity (Wildman–Crippen MR) is 87.3 cm³/mol. The largest absolute Gasteiger partial charge is 0.370 e. The van der Waals surface area contributed by atoms with Crippen molar-refractivity contribution in [2.24, 2.45) is 0 Å². The molecule has 24 heavy (non-hydrogen) atoms. The molecule has 3 rings (SSSR count). The fourth-order valence-electron chi connectivity index (χ4n) is 2.65. The van der Waals surface area contributed by atoms with E-state index in [4.69, 9.17) is 4.74 Å². The summed E-state index contributed by atoms with van der Waals surface area (Å²) in [6.07, 6.45) is 8.22. The summed E-state index contributed by atoms with van der Waals surface area (Å²) in [6.45, 7) is 4.72. The van der Waals surface area contributed by atoms with Gasteiger partial charge in [-0.05, 0) is 33.1 Å². The lowest BCUT2D eigenvalue weighted by Gasteiger charge is -2.21. The first-order chi connectivity index (χ1) is 11.6. The molecule has 1 aliphatic heterocycles. The van der Waals surface area contributed by atoms with Gasteiger partial charge in [0.2, 0.25) is 0 Å². The Bertz CT molecular complexity index is 711. The van der Waals surface area contributed by atoms with E-state index in [-0.39, 0.29) is 12.0 Å². The highest BCUT2D eigenvalue weighted by atomic mass is 16.5. The van der Waals surface area contributed by atoms with E-state index >= 15 is 0 Å². The highest BCUT2D eigenvalue weighted by molar-refractivity contribution is 5.94. The van der Waals surface area contributed by atoms with Gasteiger partial charge in [0.15, 0.2) is 5.82 Å². The molecule has 0 spiro atoms. The van der Waals surface area contributed by atoms with Gasteiger partial charge in [-0.1, -0.05) is 0 Å². The molecule has 1 amide bonds. The molecular formula is C17H21N5O2. The third-order valence-electron chi connectivity index (χ3n) is 3.99. The van der Waals surface area contributed by atoms with Gasteiger partial charge in [-0.3, -0.25) is 4.79 Å². The van der Waals surface area contributed by atoms with Crippen molar-refractivity contribution in [2.75, 3.05) is 6.61 Å². The standard InChI is InChI=1S/C17H21N5O2/c1-11-14(10-18-12(2)22-11)17(23)21-9-13-7-19-16(20-8-13)15-5-3-4-6-24-15/h7-8,10,15H,3-6,9H2,1-2H3,(H,21,23)/t15-/m0/s1. The van der Waals surface area contributed by atoms with Gasteiger partial charge >= 0.3 is 0 Å². The molecule has 1 aliphatic rings. The van der Waals surface area contributed by atoms with Crippen LogP contribution in [0.1, 0.15) is 58.6 Å². The van der Waals surface area contributed by atoms with Crippen molar-refractivity contribution in [2.45, 2.75) is 45.8 Å². The molecule has 126 valence electrons. The SMILES string of the molecule is Cc1ncc(C(=O)NCc2cnc([C@@H]3CCCCO3)nc2)c(C)n1. The minimum atomic E-state index is -0.202. The Morgan fingerprint density at radius 1 is 1.21 bits per heavy atom. The van der Waals surface area contributed by atoms with E-state index in [2.05, 4.69) is 25.3 Å². The van der Waals surface area contributed by atoms with Gasteiger partial charge in [-0.2, -0.15) is 0 Å². The molecule has 2 aromatic rings. The van der Waals surface area contributed by atoms with Crippen LogP contribution in [-0.2, 0) is 11.3 Å². The molecule has 0 aliphatic carbocycles. The molecule has 1 fully saturated rings. The molecule has 1 atom stereocenters. The zero-order valence-corrected chi connectivity index (χ0v) is 14.0. The fraction of sp³-hybridized carbons (Fsp3) is 0.471. The van der Waals surface area contributed by atoms with Gasteiger partial charge in [0, 0.05) is 37.3 Å². The number of aryl methyl sites for hydroxylation is 2. The molecule has 1 N–H and O–H groups in total. The summed E-state index contributed by atoms with van der Waals surface area (Å²) in [5, 5.41) is 2.84. The molecule has 3 heterocycles. The van der Waals surface area contributed by atoms with E-state index < -0.39 is 0 Å². The molecule has 7 nitrogen and oxygen atoms in total. The molecule has 2 aromatic heterocycles. The van der Waals surface area contributed by atoms with Crippen LogP contribution in [0.3, 0.4) is 0 Å². The Labute approximate surface area is 140 Å². The minimum Gasteiger partial charge on any atom is -0.370 e. The summed E-state index contributed by atoms with van der Waals surface area (Å²) >= 11 is 0. The van der Waals surface area contributed by atoms with Crippen LogP contribution in [0.15, 0.2) is 18.6 Å².